The average Bonchev–Trinajstić information content (AvgIpc) is 3.34. The molecule has 2 aromatic carbocycles. The highest BCUT2D eigenvalue weighted by molar-refractivity contribution is 5.97. The van der Waals surface area contributed by atoms with Crippen LogP contribution in [0.3, 0.4) is 0 Å². The minimum atomic E-state index is -2.69. The van der Waals surface area contributed by atoms with E-state index in [0.717, 1.165) is 31.2 Å². The Labute approximate surface area is 160 Å². The monoisotopic (exact) mass is 387 g/mol. The van der Waals surface area contributed by atoms with Gasteiger partial charge in [0.2, 0.25) is 0 Å². The second-order valence-electron chi connectivity index (χ2n) is 7.33. The van der Waals surface area contributed by atoms with Gasteiger partial charge < -0.3 is 10.3 Å². The van der Waals surface area contributed by atoms with E-state index in [1.165, 1.54) is 18.2 Å². The number of aromatic amines is 1. The molecule has 28 heavy (non-hydrogen) atoms. The number of carbonyl (C=O) groups is 1. The van der Waals surface area contributed by atoms with Gasteiger partial charge in [0.15, 0.2) is 5.82 Å². The first-order chi connectivity index (χ1) is 13.5. The van der Waals surface area contributed by atoms with E-state index in [-0.39, 0.29) is 17.1 Å². The van der Waals surface area contributed by atoms with Crippen molar-refractivity contribution in [2.24, 2.45) is 0 Å². The zero-order valence-electron chi connectivity index (χ0n) is 15.1. The van der Waals surface area contributed by atoms with Crippen LogP contribution >= 0.6 is 0 Å². The van der Waals surface area contributed by atoms with E-state index >= 15 is 0 Å². The zero-order chi connectivity index (χ0) is 19.7. The number of hydrogen-bond donors (Lipinski definition) is 2. The molecule has 1 amide bonds. The van der Waals surface area contributed by atoms with Gasteiger partial charge in [-0.1, -0.05) is 25.0 Å². The van der Waals surface area contributed by atoms with Crippen molar-refractivity contribution in [2.45, 2.75) is 37.5 Å². The Balaban J connectivity index is 1.52. The SMILES string of the molecule is O=C(NCC1(c2ccc(F)cc2)CCCC1)c1ccc2nc(C(F)F)[nH]c2c1. The van der Waals surface area contributed by atoms with Crippen LogP contribution in [-0.2, 0) is 5.41 Å². The van der Waals surface area contributed by atoms with Crippen LogP contribution in [0.1, 0.15) is 53.9 Å². The first-order valence-corrected chi connectivity index (χ1v) is 9.29. The first-order valence-electron chi connectivity index (χ1n) is 9.29. The topological polar surface area (TPSA) is 57.8 Å². The van der Waals surface area contributed by atoms with Crippen LogP contribution in [0.2, 0.25) is 0 Å². The van der Waals surface area contributed by atoms with Gasteiger partial charge in [-0.15, -0.1) is 0 Å². The van der Waals surface area contributed by atoms with Crippen LogP contribution in [-0.4, -0.2) is 22.4 Å². The predicted octanol–water partition coefficient (Wildman–Crippen LogP) is 4.88. The zero-order valence-corrected chi connectivity index (χ0v) is 15.1. The van der Waals surface area contributed by atoms with Crippen molar-refractivity contribution in [3.63, 3.8) is 0 Å². The molecule has 0 bridgehead atoms. The summed E-state index contributed by atoms with van der Waals surface area (Å²) in [7, 11) is 0. The fourth-order valence-corrected chi connectivity index (χ4v) is 4.05. The van der Waals surface area contributed by atoms with E-state index in [9.17, 15) is 18.0 Å². The van der Waals surface area contributed by atoms with Crippen LogP contribution in [0.25, 0.3) is 11.0 Å². The molecule has 4 nitrogen and oxygen atoms in total. The van der Waals surface area contributed by atoms with Crippen molar-refractivity contribution in [2.75, 3.05) is 6.54 Å². The molecule has 2 N–H and O–H groups in total. The molecular weight excluding hydrogens is 367 g/mol. The Hall–Kier alpha value is -2.83. The molecule has 1 fully saturated rings. The molecule has 0 aliphatic heterocycles. The van der Waals surface area contributed by atoms with E-state index in [1.807, 2.05) is 0 Å². The fraction of sp³-hybridized carbons (Fsp3) is 0.333. The lowest BCUT2D eigenvalue weighted by molar-refractivity contribution is 0.0943. The number of amides is 1. The maximum atomic E-state index is 13.3. The highest BCUT2D eigenvalue weighted by atomic mass is 19.3. The summed E-state index contributed by atoms with van der Waals surface area (Å²) in [4.78, 5) is 19.0. The molecular formula is C21H20F3N3O. The summed E-state index contributed by atoms with van der Waals surface area (Å²) in [6.07, 6.45) is 1.28. The number of fused-ring (bicyclic) bond motifs is 1. The van der Waals surface area contributed by atoms with E-state index in [2.05, 4.69) is 15.3 Å². The lowest BCUT2D eigenvalue weighted by Crippen LogP contribution is -2.39. The number of rotatable bonds is 5. The molecule has 1 heterocycles. The van der Waals surface area contributed by atoms with Crippen molar-refractivity contribution in [3.05, 3.63) is 65.2 Å². The van der Waals surface area contributed by atoms with Crippen molar-refractivity contribution in [1.29, 1.82) is 0 Å². The summed E-state index contributed by atoms with van der Waals surface area (Å²) in [5.74, 6) is -0.964. The smallest absolute Gasteiger partial charge is 0.295 e. The number of halogens is 3. The highest BCUT2D eigenvalue weighted by Crippen LogP contribution is 2.40. The van der Waals surface area contributed by atoms with Gasteiger partial charge in [-0.2, -0.15) is 0 Å². The predicted molar refractivity (Wildman–Crippen MR) is 99.9 cm³/mol. The quantitative estimate of drug-likeness (QED) is 0.655. The normalized spacial score (nSPS) is 16.0. The van der Waals surface area contributed by atoms with E-state index in [1.54, 1.807) is 24.3 Å². The summed E-state index contributed by atoms with van der Waals surface area (Å²) < 4.78 is 38.9. The minimum Gasteiger partial charge on any atom is -0.351 e. The van der Waals surface area contributed by atoms with Gasteiger partial charge in [-0.25, -0.2) is 18.2 Å². The standard InChI is InChI=1S/C21H20F3N3O/c22-15-6-4-14(5-7-15)21(9-1-2-10-21)12-25-20(28)13-3-8-16-17(11-13)27-19(26-16)18(23)24/h3-8,11,18H,1-2,9-10,12H2,(H,25,28)(H,26,27). The van der Waals surface area contributed by atoms with Gasteiger partial charge in [-0.3, -0.25) is 4.79 Å². The van der Waals surface area contributed by atoms with Crippen molar-refractivity contribution < 1.29 is 18.0 Å². The molecule has 1 aromatic heterocycles. The number of H-pyrrole nitrogens is 1. The second kappa shape index (κ2) is 7.30. The van der Waals surface area contributed by atoms with Crippen LogP contribution < -0.4 is 5.32 Å². The van der Waals surface area contributed by atoms with Crippen molar-refractivity contribution in [3.8, 4) is 0 Å². The number of nitrogens with one attached hydrogen (secondary N) is 2. The average molecular weight is 387 g/mol. The van der Waals surface area contributed by atoms with Gasteiger partial charge in [0, 0.05) is 17.5 Å². The number of hydrogen-bond acceptors (Lipinski definition) is 2. The summed E-state index contributed by atoms with van der Waals surface area (Å²) in [6.45, 7) is 0.445. The molecule has 146 valence electrons. The number of imidazole rings is 1. The number of benzene rings is 2. The Morgan fingerprint density at radius 2 is 1.86 bits per heavy atom. The largest absolute Gasteiger partial charge is 0.351 e. The molecule has 0 saturated heterocycles. The summed E-state index contributed by atoms with van der Waals surface area (Å²) in [5.41, 5.74) is 1.99. The van der Waals surface area contributed by atoms with E-state index in [4.69, 9.17) is 0 Å². The molecule has 0 radical (unpaired) electrons. The van der Waals surface area contributed by atoms with Crippen LogP contribution in [0.15, 0.2) is 42.5 Å². The second-order valence-corrected chi connectivity index (χ2v) is 7.33. The lowest BCUT2D eigenvalue weighted by atomic mass is 9.78. The summed E-state index contributed by atoms with van der Waals surface area (Å²) >= 11 is 0. The van der Waals surface area contributed by atoms with Gasteiger partial charge in [0.05, 0.1) is 11.0 Å². The van der Waals surface area contributed by atoms with Crippen LogP contribution in [0.4, 0.5) is 13.2 Å². The molecule has 0 atom stereocenters. The van der Waals surface area contributed by atoms with E-state index in [0.29, 0.717) is 23.1 Å². The summed E-state index contributed by atoms with van der Waals surface area (Å²) in [5, 5.41) is 2.97. The van der Waals surface area contributed by atoms with Crippen LogP contribution in [0, 0.1) is 5.82 Å². The molecule has 4 rings (SSSR count). The molecule has 1 aliphatic carbocycles. The molecule has 0 unspecified atom stereocenters. The minimum absolute atomic E-state index is 0.204. The maximum Gasteiger partial charge on any atom is 0.295 e. The third-order valence-corrected chi connectivity index (χ3v) is 5.57. The third-order valence-electron chi connectivity index (χ3n) is 5.57. The number of aromatic nitrogens is 2. The van der Waals surface area contributed by atoms with Crippen molar-refractivity contribution in [1.82, 2.24) is 15.3 Å². The summed E-state index contributed by atoms with van der Waals surface area (Å²) in [6, 6.07) is 11.1. The van der Waals surface area contributed by atoms with E-state index < -0.39 is 12.2 Å². The molecule has 1 aliphatic rings. The Bertz CT molecular complexity index is 992. The lowest BCUT2D eigenvalue weighted by Gasteiger charge is -2.30. The van der Waals surface area contributed by atoms with Gasteiger partial charge >= 0.3 is 0 Å². The fourth-order valence-electron chi connectivity index (χ4n) is 4.05. The number of carbonyl (C=O) groups excluding carboxylic acids is 1. The highest BCUT2D eigenvalue weighted by Gasteiger charge is 2.36. The van der Waals surface area contributed by atoms with Gasteiger partial charge in [0.1, 0.15) is 5.82 Å². The van der Waals surface area contributed by atoms with Gasteiger partial charge in [0.25, 0.3) is 12.3 Å². The third kappa shape index (κ3) is 3.48. The number of nitrogens with zero attached hydrogens (tertiary/aromatic N) is 1. The Kier molecular flexibility index (Phi) is 4.83. The Morgan fingerprint density at radius 3 is 2.54 bits per heavy atom. The molecule has 3 aromatic rings. The van der Waals surface area contributed by atoms with Crippen LogP contribution in [0.5, 0.6) is 0 Å². The molecule has 7 heteroatoms. The molecule has 0 spiro atoms. The first kappa shape index (κ1) is 18.5. The Morgan fingerprint density at radius 1 is 1.14 bits per heavy atom. The maximum absolute atomic E-state index is 13.3. The van der Waals surface area contributed by atoms with Crippen molar-refractivity contribution >= 4 is 16.9 Å². The number of alkyl halides is 2. The van der Waals surface area contributed by atoms with Gasteiger partial charge in [-0.05, 0) is 48.7 Å². The molecule has 1 saturated carbocycles.